The molecule has 130 valence electrons. The van der Waals surface area contributed by atoms with Crippen LogP contribution < -0.4 is 15.2 Å². The molecule has 1 aliphatic heterocycles. The monoisotopic (exact) mass is 336 g/mol. The van der Waals surface area contributed by atoms with E-state index in [4.69, 9.17) is 15.2 Å². The Kier molecular flexibility index (Phi) is 3.92. The number of rotatable bonds is 4. The van der Waals surface area contributed by atoms with Crippen LogP contribution in [-0.2, 0) is 12.8 Å². The van der Waals surface area contributed by atoms with E-state index < -0.39 is 0 Å². The molecule has 25 heavy (non-hydrogen) atoms. The quantitative estimate of drug-likeness (QED) is 0.685. The third kappa shape index (κ3) is 2.48. The number of nitrogens with zero attached hydrogens (tertiary/aromatic N) is 1. The van der Waals surface area contributed by atoms with Gasteiger partial charge >= 0.3 is 0 Å². The van der Waals surface area contributed by atoms with Crippen molar-refractivity contribution in [1.29, 1.82) is 0 Å². The van der Waals surface area contributed by atoms with Crippen molar-refractivity contribution >= 4 is 5.69 Å². The minimum atomic E-state index is 0.367. The van der Waals surface area contributed by atoms with E-state index in [2.05, 4.69) is 36.7 Å². The molecule has 4 rings (SSSR count). The van der Waals surface area contributed by atoms with Crippen LogP contribution in [0.2, 0.25) is 0 Å². The van der Waals surface area contributed by atoms with E-state index in [9.17, 15) is 0 Å². The van der Waals surface area contributed by atoms with Gasteiger partial charge in [-0.05, 0) is 60.3 Å². The molecular weight excluding hydrogens is 312 g/mol. The van der Waals surface area contributed by atoms with Crippen molar-refractivity contribution in [3.63, 3.8) is 0 Å². The van der Waals surface area contributed by atoms with E-state index in [1.165, 1.54) is 22.3 Å². The van der Waals surface area contributed by atoms with Gasteiger partial charge in [-0.2, -0.15) is 0 Å². The largest absolute Gasteiger partial charge is 0.493 e. The number of anilines is 1. The number of hydrogen-bond donors (Lipinski definition) is 1. The Bertz CT molecular complexity index is 844. The van der Waals surface area contributed by atoms with Gasteiger partial charge in [-0.3, -0.25) is 4.90 Å². The maximum atomic E-state index is 6.11. The van der Waals surface area contributed by atoms with Gasteiger partial charge in [-0.1, -0.05) is 18.7 Å². The van der Waals surface area contributed by atoms with Crippen LogP contribution >= 0.6 is 0 Å². The zero-order valence-corrected chi connectivity index (χ0v) is 14.8. The summed E-state index contributed by atoms with van der Waals surface area (Å²) in [6.45, 7) is 5.28. The Morgan fingerprint density at radius 1 is 1.32 bits per heavy atom. The number of fused-ring (bicyclic) bond motifs is 2. The van der Waals surface area contributed by atoms with Crippen LogP contribution in [0.4, 0.5) is 5.69 Å². The van der Waals surface area contributed by atoms with Gasteiger partial charge in [0.1, 0.15) is 6.61 Å². The minimum absolute atomic E-state index is 0.367. The predicted molar refractivity (Wildman–Crippen MR) is 101 cm³/mol. The van der Waals surface area contributed by atoms with Crippen molar-refractivity contribution in [3.05, 3.63) is 53.6 Å². The average Bonchev–Trinajstić information content (AvgIpc) is 2.62. The maximum Gasteiger partial charge on any atom is 0.169 e. The van der Waals surface area contributed by atoms with Crippen molar-refractivity contribution in [3.8, 4) is 22.6 Å². The van der Waals surface area contributed by atoms with Crippen molar-refractivity contribution in [2.75, 3.05) is 33.0 Å². The highest BCUT2D eigenvalue weighted by Gasteiger charge is 2.36. The van der Waals surface area contributed by atoms with E-state index in [0.717, 1.165) is 42.1 Å². The molecule has 2 aromatic rings. The van der Waals surface area contributed by atoms with Crippen molar-refractivity contribution < 1.29 is 9.47 Å². The lowest BCUT2D eigenvalue weighted by Crippen LogP contribution is -2.35. The fraction of sp³-hybridized carbons (Fsp3) is 0.333. The smallest absolute Gasteiger partial charge is 0.169 e. The summed E-state index contributed by atoms with van der Waals surface area (Å²) in [6.07, 6.45) is 3.78. The molecule has 0 fully saturated rings. The summed E-state index contributed by atoms with van der Waals surface area (Å²) < 4.78 is 11.8. The second-order valence-corrected chi connectivity index (χ2v) is 6.82. The molecule has 2 aliphatic rings. The molecular formula is C21H24N2O2. The Labute approximate surface area is 148 Å². The Hall–Kier alpha value is -2.46. The third-order valence-corrected chi connectivity index (χ3v) is 5.35. The molecule has 0 amide bonds. The summed E-state index contributed by atoms with van der Waals surface area (Å²) in [4.78, 5) is 2.44. The van der Waals surface area contributed by atoms with Gasteiger partial charge in [-0.15, -0.1) is 0 Å². The second-order valence-electron chi connectivity index (χ2n) is 6.82. The second kappa shape index (κ2) is 6.12. The first kappa shape index (κ1) is 16.0. The Morgan fingerprint density at radius 3 is 2.92 bits per heavy atom. The molecule has 2 aromatic carbocycles. The van der Waals surface area contributed by atoms with Crippen LogP contribution in [-0.4, -0.2) is 32.2 Å². The highest BCUT2D eigenvalue weighted by molar-refractivity contribution is 5.85. The van der Waals surface area contributed by atoms with Crippen LogP contribution in [0.3, 0.4) is 0 Å². The van der Waals surface area contributed by atoms with Crippen LogP contribution in [0.15, 0.2) is 36.9 Å². The van der Waals surface area contributed by atoms with E-state index in [1.807, 2.05) is 6.07 Å². The van der Waals surface area contributed by atoms with Crippen LogP contribution in [0.25, 0.3) is 11.1 Å². The first-order chi connectivity index (χ1) is 12.1. The summed E-state index contributed by atoms with van der Waals surface area (Å²) in [6, 6.07) is 8.71. The topological polar surface area (TPSA) is 47.7 Å². The Morgan fingerprint density at radius 2 is 2.16 bits per heavy atom. The number of likely N-dealkylation sites (N-methyl/N-ethyl adjacent to an activating group) is 1. The lowest BCUT2D eigenvalue weighted by molar-refractivity contribution is 0.226. The van der Waals surface area contributed by atoms with E-state index >= 15 is 0 Å². The summed E-state index contributed by atoms with van der Waals surface area (Å²) in [5, 5.41) is 0. The molecule has 1 aliphatic carbocycles. The highest BCUT2D eigenvalue weighted by atomic mass is 16.5. The van der Waals surface area contributed by atoms with Gasteiger partial charge in [-0.25, -0.2) is 0 Å². The molecule has 4 heteroatoms. The van der Waals surface area contributed by atoms with Gasteiger partial charge in [0.25, 0.3) is 0 Å². The summed E-state index contributed by atoms with van der Waals surface area (Å²) in [5.41, 5.74) is 13.2. The first-order valence-corrected chi connectivity index (χ1v) is 8.70. The molecule has 0 bridgehead atoms. The van der Waals surface area contributed by atoms with Gasteiger partial charge in [0, 0.05) is 23.8 Å². The normalized spacial score (nSPS) is 18.2. The van der Waals surface area contributed by atoms with Gasteiger partial charge < -0.3 is 15.2 Å². The number of nitrogens with two attached hydrogens (primary N) is 1. The zero-order valence-electron chi connectivity index (χ0n) is 14.8. The average molecular weight is 336 g/mol. The number of benzene rings is 2. The van der Waals surface area contributed by atoms with Gasteiger partial charge in [0.05, 0.1) is 7.11 Å². The lowest BCUT2D eigenvalue weighted by atomic mass is 9.76. The molecule has 1 unspecified atom stereocenters. The maximum absolute atomic E-state index is 6.11. The van der Waals surface area contributed by atoms with Crippen molar-refractivity contribution in [2.24, 2.45) is 0 Å². The Balaban J connectivity index is 2.04. The third-order valence-electron chi connectivity index (χ3n) is 5.35. The summed E-state index contributed by atoms with van der Waals surface area (Å²) >= 11 is 0. The lowest BCUT2D eigenvalue weighted by Gasteiger charge is -2.40. The molecule has 1 atom stereocenters. The summed E-state index contributed by atoms with van der Waals surface area (Å²) in [7, 11) is 3.90. The fourth-order valence-electron chi connectivity index (χ4n) is 4.14. The molecule has 1 heterocycles. The summed E-state index contributed by atoms with van der Waals surface area (Å²) in [5.74, 6) is 1.59. The van der Waals surface area contributed by atoms with Gasteiger partial charge in [0.2, 0.25) is 0 Å². The fourth-order valence-corrected chi connectivity index (χ4v) is 4.14. The van der Waals surface area contributed by atoms with Gasteiger partial charge in [0.15, 0.2) is 11.5 Å². The van der Waals surface area contributed by atoms with Crippen LogP contribution in [0.5, 0.6) is 11.5 Å². The minimum Gasteiger partial charge on any atom is -0.493 e. The van der Waals surface area contributed by atoms with Crippen molar-refractivity contribution in [1.82, 2.24) is 4.90 Å². The molecule has 2 N–H and O–H groups in total. The van der Waals surface area contributed by atoms with Crippen LogP contribution in [0.1, 0.15) is 22.7 Å². The number of nitrogen functional groups attached to an aromatic ring is 1. The van der Waals surface area contributed by atoms with E-state index in [-0.39, 0.29) is 0 Å². The standard InChI is InChI=1S/C21H24N2O2/c1-4-9-25-21-18(24-3)11-14-7-8-23(2)17-10-13-5-6-15(22)12-16(13)20(21)19(14)17/h4-6,11-12,17H,1,7-10,22H2,2-3H3. The van der Waals surface area contributed by atoms with Crippen LogP contribution in [0, 0.1) is 0 Å². The zero-order chi connectivity index (χ0) is 17.6. The molecule has 0 spiro atoms. The van der Waals surface area contributed by atoms with Crippen molar-refractivity contribution in [2.45, 2.75) is 18.9 Å². The molecule has 0 aromatic heterocycles. The van der Waals surface area contributed by atoms with E-state index in [0.29, 0.717) is 12.6 Å². The highest BCUT2D eigenvalue weighted by Crippen LogP contribution is 2.52. The molecule has 0 saturated carbocycles. The van der Waals surface area contributed by atoms with E-state index in [1.54, 1.807) is 13.2 Å². The molecule has 0 saturated heterocycles. The number of hydrogen-bond acceptors (Lipinski definition) is 4. The first-order valence-electron chi connectivity index (χ1n) is 8.70. The number of ether oxygens (including phenoxy) is 2. The molecule has 0 radical (unpaired) electrons. The predicted octanol–water partition coefficient (Wildman–Crippen LogP) is 3.59. The SMILES string of the molecule is C=CCOc1c(OC)cc2c3c1-c1cc(N)ccc1CC3N(C)CC2. The molecule has 4 nitrogen and oxygen atoms in total. The number of methoxy groups -OCH3 is 1.